The molecule has 2 heterocycles. The zero-order valence-corrected chi connectivity index (χ0v) is 10.3. The first-order chi connectivity index (χ1) is 8.18. The standard InChI is InChI=1S/C12H20N2O3/c1-17-9-10(15)14-7-2-3-12(5-8-14)4-6-13-11(12)16/h2-9H2,1H3,(H,13,16)/t12-/m1/s1. The van der Waals surface area contributed by atoms with E-state index in [1.807, 2.05) is 4.90 Å². The number of methoxy groups -OCH3 is 1. The molecular formula is C12H20N2O3. The van der Waals surface area contributed by atoms with E-state index >= 15 is 0 Å². The minimum absolute atomic E-state index is 0.0305. The lowest BCUT2D eigenvalue weighted by Gasteiger charge is -2.24. The summed E-state index contributed by atoms with van der Waals surface area (Å²) in [5.41, 5.74) is -0.206. The molecule has 1 N–H and O–H groups in total. The smallest absolute Gasteiger partial charge is 0.248 e. The minimum Gasteiger partial charge on any atom is -0.375 e. The molecule has 2 aliphatic heterocycles. The predicted octanol–water partition coefficient (Wildman–Crippen LogP) is 0.152. The second-order valence-electron chi connectivity index (χ2n) is 4.95. The van der Waals surface area contributed by atoms with Gasteiger partial charge in [0.05, 0.1) is 5.41 Å². The molecule has 2 aliphatic rings. The summed E-state index contributed by atoms with van der Waals surface area (Å²) >= 11 is 0. The maximum atomic E-state index is 11.9. The number of hydrogen-bond donors (Lipinski definition) is 1. The van der Waals surface area contributed by atoms with Crippen LogP contribution in [0.5, 0.6) is 0 Å². The summed E-state index contributed by atoms with van der Waals surface area (Å²) in [5, 5.41) is 2.91. The van der Waals surface area contributed by atoms with Gasteiger partial charge in [-0.3, -0.25) is 9.59 Å². The molecule has 2 saturated heterocycles. The molecule has 0 aromatic heterocycles. The lowest BCUT2D eigenvalue weighted by molar-refractivity contribution is -0.135. The average molecular weight is 240 g/mol. The summed E-state index contributed by atoms with van der Waals surface area (Å²) < 4.78 is 4.87. The van der Waals surface area contributed by atoms with E-state index in [-0.39, 0.29) is 23.8 Å². The number of hydrogen-bond acceptors (Lipinski definition) is 3. The molecular weight excluding hydrogens is 220 g/mol. The number of rotatable bonds is 2. The fraction of sp³-hybridized carbons (Fsp3) is 0.833. The Morgan fingerprint density at radius 2 is 2.24 bits per heavy atom. The number of likely N-dealkylation sites (tertiary alicyclic amines) is 1. The van der Waals surface area contributed by atoms with Crippen LogP contribution >= 0.6 is 0 Å². The van der Waals surface area contributed by atoms with Gasteiger partial charge in [0.25, 0.3) is 0 Å². The van der Waals surface area contributed by atoms with Gasteiger partial charge in [0.1, 0.15) is 6.61 Å². The summed E-state index contributed by atoms with van der Waals surface area (Å²) in [7, 11) is 1.53. The third kappa shape index (κ3) is 2.44. The monoisotopic (exact) mass is 240 g/mol. The van der Waals surface area contributed by atoms with Gasteiger partial charge in [-0.05, 0) is 25.7 Å². The van der Waals surface area contributed by atoms with Crippen molar-refractivity contribution < 1.29 is 14.3 Å². The maximum Gasteiger partial charge on any atom is 0.248 e. The fourth-order valence-electron chi connectivity index (χ4n) is 2.85. The van der Waals surface area contributed by atoms with Gasteiger partial charge >= 0.3 is 0 Å². The molecule has 96 valence electrons. The zero-order chi connectivity index (χ0) is 12.3. The number of carbonyl (C=O) groups excluding carboxylic acids is 2. The first kappa shape index (κ1) is 12.4. The van der Waals surface area contributed by atoms with Gasteiger partial charge in [0.15, 0.2) is 0 Å². The van der Waals surface area contributed by atoms with E-state index in [4.69, 9.17) is 4.74 Å². The van der Waals surface area contributed by atoms with Crippen LogP contribution in [-0.2, 0) is 14.3 Å². The molecule has 5 heteroatoms. The summed E-state index contributed by atoms with van der Waals surface area (Å²) in [4.78, 5) is 25.4. The van der Waals surface area contributed by atoms with Gasteiger partial charge in [-0.1, -0.05) is 0 Å². The van der Waals surface area contributed by atoms with Gasteiger partial charge < -0.3 is 15.0 Å². The van der Waals surface area contributed by atoms with E-state index in [1.165, 1.54) is 7.11 Å². The second-order valence-corrected chi connectivity index (χ2v) is 4.95. The molecule has 0 saturated carbocycles. The quantitative estimate of drug-likeness (QED) is 0.747. The molecule has 0 aromatic rings. The third-order valence-corrected chi connectivity index (χ3v) is 3.93. The molecule has 5 nitrogen and oxygen atoms in total. The predicted molar refractivity (Wildman–Crippen MR) is 62.4 cm³/mol. The van der Waals surface area contributed by atoms with Crippen LogP contribution in [0.25, 0.3) is 0 Å². The Bertz CT molecular complexity index is 319. The Kier molecular flexibility index (Phi) is 3.66. The molecule has 2 rings (SSSR count). The van der Waals surface area contributed by atoms with E-state index in [2.05, 4.69) is 5.32 Å². The summed E-state index contributed by atoms with van der Waals surface area (Å²) in [6, 6.07) is 0. The van der Waals surface area contributed by atoms with Crippen LogP contribution in [-0.4, -0.2) is 50.1 Å². The molecule has 17 heavy (non-hydrogen) atoms. The highest BCUT2D eigenvalue weighted by molar-refractivity contribution is 5.85. The van der Waals surface area contributed by atoms with E-state index in [0.717, 1.165) is 38.8 Å². The highest BCUT2D eigenvalue weighted by Gasteiger charge is 2.43. The van der Waals surface area contributed by atoms with Crippen molar-refractivity contribution >= 4 is 11.8 Å². The Hall–Kier alpha value is -1.10. The van der Waals surface area contributed by atoms with E-state index < -0.39 is 0 Å². The van der Waals surface area contributed by atoms with Crippen molar-refractivity contribution in [2.75, 3.05) is 33.4 Å². The Labute approximate surface area is 101 Å². The van der Waals surface area contributed by atoms with Gasteiger partial charge in [0.2, 0.25) is 11.8 Å². The zero-order valence-electron chi connectivity index (χ0n) is 10.3. The molecule has 2 fully saturated rings. The van der Waals surface area contributed by atoms with Crippen LogP contribution in [0, 0.1) is 5.41 Å². The van der Waals surface area contributed by atoms with E-state index in [1.54, 1.807) is 0 Å². The first-order valence-electron chi connectivity index (χ1n) is 6.23. The highest BCUT2D eigenvalue weighted by Crippen LogP contribution is 2.37. The maximum absolute atomic E-state index is 11.9. The minimum atomic E-state index is -0.206. The van der Waals surface area contributed by atoms with Crippen LogP contribution in [0.4, 0.5) is 0 Å². The Balaban J connectivity index is 1.98. The van der Waals surface area contributed by atoms with Crippen LogP contribution < -0.4 is 5.32 Å². The SMILES string of the molecule is COCC(=O)N1CCC[C@@]2(CCNC2=O)CC1. The number of ether oxygens (including phenoxy) is 1. The van der Waals surface area contributed by atoms with Gasteiger partial charge in [-0.25, -0.2) is 0 Å². The van der Waals surface area contributed by atoms with Crippen molar-refractivity contribution in [1.29, 1.82) is 0 Å². The number of nitrogens with zero attached hydrogens (tertiary/aromatic N) is 1. The molecule has 0 unspecified atom stereocenters. The van der Waals surface area contributed by atoms with Gasteiger partial charge in [-0.2, -0.15) is 0 Å². The largest absolute Gasteiger partial charge is 0.375 e. The topological polar surface area (TPSA) is 58.6 Å². The van der Waals surface area contributed by atoms with Crippen LogP contribution in [0.1, 0.15) is 25.7 Å². The molecule has 0 radical (unpaired) electrons. The van der Waals surface area contributed by atoms with Gasteiger partial charge in [-0.15, -0.1) is 0 Å². The Morgan fingerprint density at radius 3 is 2.88 bits per heavy atom. The third-order valence-electron chi connectivity index (χ3n) is 3.93. The number of nitrogens with one attached hydrogen (secondary N) is 1. The molecule has 1 spiro atoms. The van der Waals surface area contributed by atoms with Gasteiger partial charge in [0, 0.05) is 26.7 Å². The van der Waals surface area contributed by atoms with E-state index in [0.29, 0.717) is 6.54 Å². The summed E-state index contributed by atoms with van der Waals surface area (Å²) in [5.74, 6) is 0.210. The summed E-state index contributed by atoms with van der Waals surface area (Å²) in [6.07, 6.45) is 3.50. The first-order valence-corrected chi connectivity index (χ1v) is 6.23. The molecule has 0 bridgehead atoms. The molecule has 0 aliphatic carbocycles. The van der Waals surface area contributed by atoms with Crippen LogP contribution in [0.15, 0.2) is 0 Å². The van der Waals surface area contributed by atoms with Crippen molar-refractivity contribution in [2.24, 2.45) is 5.41 Å². The molecule has 0 aromatic carbocycles. The lowest BCUT2D eigenvalue weighted by atomic mass is 9.79. The highest BCUT2D eigenvalue weighted by atomic mass is 16.5. The summed E-state index contributed by atoms with van der Waals surface area (Å²) in [6.45, 7) is 2.34. The van der Waals surface area contributed by atoms with Crippen molar-refractivity contribution in [3.05, 3.63) is 0 Å². The Morgan fingerprint density at radius 1 is 1.41 bits per heavy atom. The van der Waals surface area contributed by atoms with Crippen molar-refractivity contribution in [3.8, 4) is 0 Å². The lowest BCUT2D eigenvalue weighted by Crippen LogP contribution is -2.36. The van der Waals surface area contributed by atoms with Crippen LogP contribution in [0.3, 0.4) is 0 Å². The van der Waals surface area contributed by atoms with Crippen LogP contribution in [0.2, 0.25) is 0 Å². The van der Waals surface area contributed by atoms with E-state index in [9.17, 15) is 9.59 Å². The number of carbonyl (C=O) groups is 2. The normalized spacial score (nSPS) is 29.2. The average Bonchev–Trinajstić information content (AvgIpc) is 2.53. The number of amides is 2. The van der Waals surface area contributed by atoms with Crippen molar-refractivity contribution in [2.45, 2.75) is 25.7 Å². The molecule has 1 atom stereocenters. The second kappa shape index (κ2) is 5.04. The fourth-order valence-corrected chi connectivity index (χ4v) is 2.85. The van der Waals surface area contributed by atoms with Crippen molar-refractivity contribution in [1.82, 2.24) is 10.2 Å². The molecule has 2 amide bonds. The van der Waals surface area contributed by atoms with Crippen molar-refractivity contribution in [3.63, 3.8) is 0 Å².